The third-order valence-corrected chi connectivity index (χ3v) is 5.96. The standard InChI is InChI=1S/C23H22N4S/c1-15-19(14-24)22(28-18-8-6-5-7-9-18)27-21(15)25-20(26-27)16-10-12-17(13-11-16)23(2,3)4/h5-13H,1-4H3,(H,25,26). The first-order chi connectivity index (χ1) is 13.4. The molecule has 0 bridgehead atoms. The lowest BCUT2D eigenvalue weighted by Gasteiger charge is -2.18. The van der Waals surface area contributed by atoms with Gasteiger partial charge in [-0.3, -0.25) is 5.10 Å². The van der Waals surface area contributed by atoms with Gasteiger partial charge >= 0.3 is 0 Å². The van der Waals surface area contributed by atoms with Crippen molar-refractivity contribution in [1.82, 2.24) is 14.6 Å². The molecule has 0 amide bonds. The lowest BCUT2D eigenvalue weighted by Crippen LogP contribution is -2.10. The summed E-state index contributed by atoms with van der Waals surface area (Å²) in [4.78, 5) is 5.88. The average molecular weight is 387 g/mol. The predicted molar refractivity (Wildman–Crippen MR) is 114 cm³/mol. The van der Waals surface area contributed by atoms with Crippen LogP contribution in [-0.4, -0.2) is 14.6 Å². The molecule has 28 heavy (non-hydrogen) atoms. The number of nitrogens with zero attached hydrogens (tertiary/aromatic N) is 3. The van der Waals surface area contributed by atoms with Crippen LogP contribution >= 0.6 is 11.8 Å². The molecule has 0 atom stereocenters. The minimum Gasteiger partial charge on any atom is -0.274 e. The number of aromatic amines is 1. The SMILES string of the molecule is Cc1c(C#N)c(Sc2ccccc2)n2[nH]c(-c3ccc(C(C)(C)C)cc3)nc12. The van der Waals surface area contributed by atoms with Gasteiger partial charge < -0.3 is 0 Å². The average Bonchev–Trinajstić information content (AvgIpc) is 3.22. The summed E-state index contributed by atoms with van der Waals surface area (Å²) in [5.41, 5.74) is 4.80. The molecule has 1 N–H and O–H groups in total. The Morgan fingerprint density at radius 2 is 1.71 bits per heavy atom. The summed E-state index contributed by atoms with van der Waals surface area (Å²) < 4.78 is 1.93. The Kier molecular flexibility index (Phi) is 4.52. The molecule has 4 aromatic rings. The van der Waals surface area contributed by atoms with Gasteiger partial charge in [-0.25, -0.2) is 9.50 Å². The van der Waals surface area contributed by atoms with Crippen LogP contribution in [0.4, 0.5) is 0 Å². The van der Waals surface area contributed by atoms with Gasteiger partial charge in [0.05, 0.1) is 5.56 Å². The Morgan fingerprint density at radius 3 is 2.32 bits per heavy atom. The first-order valence-corrected chi connectivity index (χ1v) is 10.0. The molecular formula is C23H22N4S. The van der Waals surface area contributed by atoms with Gasteiger partial charge in [-0.15, -0.1) is 0 Å². The zero-order valence-corrected chi connectivity index (χ0v) is 17.3. The van der Waals surface area contributed by atoms with Gasteiger partial charge in [-0.2, -0.15) is 5.26 Å². The van der Waals surface area contributed by atoms with Crippen molar-refractivity contribution in [3.63, 3.8) is 0 Å². The number of nitriles is 1. The summed E-state index contributed by atoms with van der Waals surface area (Å²) in [5, 5.41) is 13.9. The highest BCUT2D eigenvalue weighted by Gasteiger charge is 2.21. The molecule has 140 valence electrons. The number of aryl methyl sites for hydroxylation is 1. The van der Waals surface area contributed by atoms with Gasteiger partial charge in [0.1, 0.15) is 11.1 Å². The molecule has 4 nitrogen and oxygen atoms in total. The van der Waals surface area contributed by atoms with E-state index in [4.69, 9.17) is 4.98 Å². The van der Waals surface area contributed by atoms with Gasteiger partial charge in [-0.05, 0) is 30.0 Å². The third kappa shape index (κ3) is 3.21. The van der Waals surface area contributed by atoms with Gasteiger partial charge in [0.25, 0.3) is 0 Å². The highest BCUT2D eigenvalue weighted by atomic mass is 32.2. The molecule has 0 aliphatic heterocycles. The van der Waals surface area contributed by atoms with E-state index < -0.39 is 0 Å². The summed E-state index contributed by atoms with van der Waals surface area (Å²) in [5.74, 6) is 0.804. The van der Waals surface area contributed by atoms with Crippen LogP contribution in [0.15, 0.2) is 64.5 Å². The van der Waals surface area contributed by atoms with E-state index in [1.807, 2.05) is 41.8 Å². The Balaban J connectivity index is 1.79. The maximum absolute atomic E-state index is 9.67. The minimum atomic E-state index is 0.118. The van der Waals surface area contributed by atoms with Crippen molar-refractivity contribution in [3.05, 3.63) is 71.3 Å². The van der Waals surface area contributed by atoms with Crippen LogP contribution in [0.3, 0.4) is 0 Å². The molecule has 0 unspecified atom stereocenters. The highest BCUT2D eigenvalue weighted by Crippen LogP contribution is 2.35. The lowest BCUT2D eigenvalue weighted by atomic mass is 9.87. The van der Waals surface area contributed by atoms with E-state index in [0.29, 0.717) is 5.56 Å². The monoisotopic (exact) mass is 386 g/mol. The molecule has 0 fully saturated rings. The Hall–Kier alpha value is -2.97. The van der Waals surface area contributed by atoms with Crippen LogP contribution in [0.5, 0.6) is 0 Å². The van der Waals surface area contributed by atoms with Gasteiger partial charge in [0.2, 0.25) is 0 Å². The van der Waals surface area contributed by atoms with Crippen LogP contribution in [-0.2, 0) is 5.41 Å². The molecule has 0 aliphatic rings. The van der Waals surface area contributed by atoms with Gasteiger partial charge in [0.15, 0.2) is 11.5 Å². The second-order valence-electron chi connectivity index (χ2n) is 7.89. The molecule has 0 saturated carbocycles. The van der Waals surface area contributed by atoms with E-state index in [0.717, 1.165) is 32.5 Å². The molecule has 0 spiro atoms. The zero-order chi connectivity index (χ0) is 19.9. The van der Waals surface area contributed by atoms with Crippen molar-refractivity contribution in [2.75, 3.05) is 0 Å². The molecular weight excluding hydrogens is 364 g/mol. The van der Waals surface area contributed by atoms with Crippen molar-refractivity contribution in [2.24, 2.45) is 0 Å². The van der Waals surface area contributed by atoms with E-state index >= 15 is 0 Å². The summed E-state index contributed by atoms with van der Waals surface area (Å²) in [6.07, 6.45) is 0. The highest BCUT2D eigenvalue weighted by molar-refractivity contribution is 7.99. The Morgan fingerprint density at radius 1 is 1.04 bits per heavy atom. The van der Waals surface area contributed by atoms with E-state index in [9.17, 15) is 5.26 Å². The molecule has 0 aliphatic carbocycles. The van der Waals surface area contributed by atoms with Crippen molar-refractivity contribution in [2.45, 2.75) is 43.0 Å². The summed E-state index contributed by atoms with van der Waals surface area (Å²) in [6.45, 7) is 8.58. The predicted octanol–water partition coefficient (Wildman–Crippen LogP) is 5.96. The molecule has 5 heteroatoms. The van der Waals surface area contributed by atoms with E-state index in [-0.39, 0.29) is 5.41 Å². The molecule has 2 aromatic carbocycles. The van der Waals surface area contributed by atoms with Crippen LogP contribution in [0.1, 0.15) is 37.5 Å². The third-order valence-electron chi connectivity index (χ3n) is 4.87. The quantitative estimate of drug-likeness (QED) is 0.473. The van der Waals surface area contributed by atoms with Crippen molar-refractivity contribution < 1.29 is 0 Å². The number of hydrogen-bond donors (Lipinski definition) is 1. The summed E-state index contributed by atoms with van der Waals surface area (Å²) in [7, 11) is 0. The van der Waals surface area contributed by atoms with Crippen LogP contribution in [0, 0.1) is 18.3 Å². The smallest absolute Gasteiger partial charge is 0.159 e. The van der Waals surface area contributed by atoms with E-state index in [1.54, 1.807) is 11.8 Å². The maximum Gasteiger partial charge on any atom is 0.159 e. The molecule has 2 aromatic heterocycles. The largest absolute Gasteiger partial charge is 0.274 e. The van der Waals surface area contributed by atoms with Crippen LogP contribution in [0.2, 0.25) is 0 Å². The first kappa shape index (κ1) is 18.4. The van der Waals surface area contributed by atoms with Crippen LogP contribution in [0.25, 0.3) is 17.0 Å². The second-order valence-corrected chi connectivity index (χ2v) is 8.95. The van der Waals surface area contributed by atoms with Crippen molar-refractivity contribution in [1.29, 1.82) is 5.26 Å². The Labute approximate surface area is 169 Å². The number of hydrogen-bond acceptors (Lipinski definition) is 3. The van der Waals surface area contributed by atoms with E-state index in [2.05, 4.69) is 56.2 Å². The fraction of sp³-hybridized carbons (Fsp3) is 0.217. The summed E-state index contributed by atoms with van der Waals surface area (Å²) in [6, 6.07) is 20.9. The molecule has 4 rings (SSSR count). The topological polar surface area (TPSA) is 56.9 Å². The molecule has 0 saturated heterocycles. The number of rotatable bonds is 3. The Bertz CT molecular complexity index is 1170. The second kappa shape index (κ2) is 6.88. The first-order valence-electron chi connectivity index (χ1n) is 9.23. The van der Waals surface area contributed by atoms with Crippen molar-refractivity contribution >= 4 is 17.4 Å². The number of fused-ring (bicyclic) bond motifs is 1. The van der Waals surface area contributed by atoms with Crippen LogP contribution < -0.4 is 0 Å². The lowest BCUT2D eigenvalue weighted by molar-refractivity contribution is 0.590. The number of H-pyrrole nitrogens is 1. The minimum absolute atomic E-state index is 0.118. The number of benzene rings is 2. The van der Waals surface area contributed by atoms with Gasteiger partial charge in [0, 0.05) is 16.0 Å². The molecule has 0 radical (unpaired) electrons. The summed E-state index contributed by atoms with van der Waals surface area (Å²) >= 11 is 1.57. The maximum atomic E-state index is 9.67. The normalized spacial score (nSPS) is 11.7. The molecule has 2 heterocycles. The fourth-order valence-electron chi connectivity index (χ4n) is 3.21. The fourth-order valence-corrected chi connectivity index (χ4v) is 4.25. The van der Waals surface area contributed by atoms with E-state index in [1.165, 1.54) is 5.56 Å². The number of aromatic nitrogens is 3. The van der Waals surface area contributed by atoms with Gasteiger partial charge in [-0.1, -0.05) is 75.0 Å². The van der Waals surface area contributed by atoms with Crippen molar-refractivity contribution in [3.8, 4) is 17.5 Å². The zero-order valence-electron chi connectivity index (χ0n) is 16.4. The number of nitrogens with one attached hydrogen (secondary N) is 1.